The lowest BCUT2D eigenvalue weighted by Crippen LogP contribution is -2.65. The van der Waals surface area contributed by atoms with Crippen molar-refractivity contribution >= 4 is 11.9 Å². The third kappa shape index (κ3) is 3.76. The lowest BCUT2D eigenvalue weighted by molar-refractivity contribution is -0.135. The molecule has 30 heavy (non-hydrogen) atoms. The lowest BCUT2D eigenvalue weighted by atomic mass is 9.71. The summed E-state index contributed by atoms with van der Waals surface area (Å²) >= 11 is 0. The number of halogens is 6. The van der Waals surface area contributed by atoms with Crippen molar-refractivity contribution in [3.8, 4) is 0 Å². The molecule has 4 N–H and O–H groups in total. The number of aromatic nitrogens is 2. The summed E-state index contributed by atoms with van der Waals surface area (Å²) < 4.78 is 81.2. The number of hydrogen-bond donors (Lipinski definition) is 3. The molecule has 1 unspecified atom stereocenters. The third-order valence-electron chi connectivity index (χ3n) is 5.39. The van der Waals surface area contributed by atoms with Gasteiger partial charge in [0.25, 0.3) is 11.8 Å². The maximum absolute atomic E-state index is 13.8. The molecule has 164 valence electrons. The second-order valence-corrected chi connectivity index (χ2v) is 8.05. The van der Waals surface area contributed by atoms with Crippen molar-refractivity contribution in [3.05, 3.63) is 23.8 Å². The monoisotopic (exact) mass is 435 g/mol. The maximum Gasteiger partial charge on any atom is 0.288 e. The van der Waals surface area contributed by atoms with E-state index < -0.39 is 66.8 Å². The highest BCUT2D eigenvalue weighted by molar-refractivity contribution is 6.00. The SMILES string of the molecule is CC(F)(F)c1cncc(C2(C3CC(F)(F)C3)N=C(N)NC(=NC3CC(F)(F)C3)N2)n1. The molecule has 0 aromatic carbocycles. The third-order valence-corrected chi connectivity index (χ3v) is 5.39. The summed E-state index contributed by atoms with van der Waals surface area (Å²) in [5.41, 5.74) is 3.27. The van der Waals surface area contributed by atoms with Crippen molar-refractivity contribution in [2.24, 2.45) is 21.6 Å². The summed E-state index contributed by atoms with van der Waals surface area (Å²) in [6.45, 7) is 0.627. The molecule has 7 nitrogen and oxygen atoms in total. The Labute approximate surface area is 167 Å². The molecular weight excluding hydrogens is 416 g/mol. The number of hydrogen-bond acceptors (Lipinski definition) is 5. The van der Waals surface area contributed by atoms with Crippen LogP contribution < -0.4 is 16.4 Å². The highest BCUT2D eigenvalue weighted by Crippen LogP contribution is 2.52. The molecule has 2 fully saturated rings. The molecule has 0 spiro atoms. The first-order valence-corrected chi connectivity index (χ1v) is 9.23. The Morgan fingerprint density at radius 2 is 1.73 bits per heavy atom. The van der Waals surface area contributed by atoms with Crippen LogP contribution in [0.25, 0.3) is 0 Å². The van der Waals surface area contributed by atoms with Gasteiger partial charge >= 0.3 is 0 Å². The van der Waals surface area contributed by atoms with E-state index in [4.69, 9.17) is 5.73 Å². The first-order chi connectivity index (χ1) is 13.8. The van der Waals surface area contributed by atoms with Gasteiger partial charge in [-0.1, -0.05) is 0 Å². The van der Waals surface area contributed by atoms with Gasteiger partial charge in [0.1, 0.15) is 11.4 Å². The summed E-state index contributed by atoms with van der Waals surface area (Å²) in [6, 6.07) is -0.709. The fourth-order valence-corrected chi connectivity index (χ4v) is 3.79. The van der Waals surface area contributed by atoms with Gasteiger partial charge in [0.05, 0.1) is 18.4 Å². The molecule has 3 aliphatic rings. The Hall–Kier alpha value is -2.60. The molecule has 0 bridgehead atoms. The first kappa shape index (κ1) is 20.7. The van der Waals surface area contributed by atoms with Gasteiger partial charge < -0.3 is 11.1 Å². The number of alkyl halides is 6. The van der Waals surface area contributed by atoms with Crippen molar-refractivity contribution in [2.75, 3.05) is 0 Å². The Balaban J connectivity index is 1.73. The van der Waals surface area contributed by atoms with Crippen LogP contribution in [0.3, 0.4) is 0 Å². The van der Waals surface area contributed by atoms with Gasteiger partial charge in [0, 0.05) is 38.5 Å². The van der Waals surface area contributed by atoms with Crippen molar-refractivity contribution in [2.45, 2.75) is 62.1 Å². The zero-order valence-corrected chi connectivity index (χ0v) is 15.8. The standard InChI is InChI=1S/C17H19F6N7/c1-14(18,19)10-6-25-7-11(27-10)17(8-2-15(20,21)3-8)29-12(24)28-13(30-17)26-9-4-16(22,23)5-9/h6-9H,2-5H2,1H3,(H4,24,26,28,29,30). The normalized spacial score (nSPS) is 30.0. The molecule has 1 atom stereocenters. The van der Waals surface area contributed by atoms with Crippen molar-refractivity contribution in [1.29, 1.82) is 0 Å². The molecule has 0 radical (unpaired) electrons. The summed E-state index contributed by atoms with van der Waals surface area (Å²) in [4.78, 5) is 16.0. The molecule has 2 aliphatic carbocycles. The average molecular weight is 435 g/mol. The molecule has 4 rings (SSSR count). The first-order valence-electron chi connectivity index (χ1n) is 9.23. The number of nitrogens with zero attached hydrogens (tertiary/aromatic N) is 4. The van der Waals surface area contributed by atoms with Crippen molar-refractivity contribution in [3.63, 3.8) is 0 Å². The fourth-order valence-electron chi connectivity index (χ4n) is 3.79. The van der Waals surface area contributed by atoms with E-state index in [1.54, 1.807) is 0 Å². The predicted molar refractivity (Wildman–Crippen MR) is 94.2 cm³/mol. The lowest BCUT2D eigenvalue weighted by Gasteiger charge is -2.48. The zero-order chi connectivity index (χ0) is 21.9. The average Bonchev–Trinajstić information content (AvgIpc) is 2.57. The molecular formula is C17H19F6N7. The summed E-state index contributed by atoms with van der Waals surface area (Å²) in [6.07, 6.45) is -0.131. The maximum atomic E-state index is 13.8. The number of nitrogens with one attached hydrogen (secondary N) is 2. The van der Waals surface area contributed by atoms with Gasteiger partial charge in [-0.15, -0.1) is 0 Å². The predicted octanol–water partition coefficient (Wildman–Crippen LogP) is 2.45. The van der Waals surface area contributed by atoms with Crippen LogP contribution in [0.1, 0.15) is 44.0 Å². The largest absolute Gasteiger partial charge is 0.370 e. The van der Waals surface area contributed by atoms with Crippen LogP contribution in [0, 0.1) is 5.92 Å². The summed E-state index contributed by atoms with van der Waals surface area (Å²) in [5.74, 6) is -10.3. The Bertz CT molecular complexity index is 896. The van der Waals surface area contributed by atoms with Gasteiger partial charge in [-0.25, -0.2) is 32.5 Å². The van der Waals surface area contributed by atoms with Gasteiger partial charge in [0.2, 0.25) is 11.9 Å². The van der Waals surface area contributed by atoms with Gasteiger partial charge in [-0.05, 0) is 0 Å². The van der Waals surface area contributed by atoms with E-state index in [1.165, 1.54) is 0 Å². The van der Waals surface area contributed by atoms with Crippen LogP contribution >= 0.6 is 0 Å². The minimum Gasteiger partial charge on any atom is -0.370 e. The second kappa shape index (κ2) is 6.45. The molecule has 0 amide bonds. The van der Waals surface area contributed by atoms with Crippen molar-refractivity contribution in [1.82, 2.24) is 20.6 Å². The van der Waals surface area contributed by atoms with E-state index in [1.807, 2.05) is 0 Å². The van der Waals surface area contributed by atoms with Crippen molar-refractivity contribution < 1.29 is 26.3 Å². The molecule has 1 aromatic rings. The molecule has 13 heteroatoms. The highest BCUT2D eigenvalue weighted by Gasteiger charge is 2.58. The highest BCUT2D eigenvalue weighted by atomic mass is 19.3. The van der Waals surface area contributed by atoms with Gasteiger partial charge in [0.15, 0.2) is 11.6 Å². The molecule has 2 heterocycles. The number of rotatable bonds is 4. The Kier molecular flexibility index (Phi) is 4.44. The van der Waals surface area contributed by atoms with E-state index in [9.17, 15) is 26.3 Å². The molecule has 1 aromatic heterocycles. The van der Waals surface area contributed by atoms with Crippen LogP contribution in [0.5, 0.6) is 0 Å². The van der Waals surface area contributed by atoms with Gasteiger partial charge in [-0.2, -0.15) is 8.78 Å². The van der Waals surface area contributed by atoms with E-state index >= 15 is 0 Å². The topological polar surface area (TPSA) is 101 Å². The van der Waals surface area contributed by atoms with E-state index in [-0.39, 0.29) is 17.6 Å². The van der Waals surface area contributed by atoms with E-state index in [0.29, 0.717) is 6.92 Å². The Morgan fingerprint density at radius 3 is 2.30 bits per heavy atom. The van der Waals surface area contributed by atoms with Crippen LogP contribution in [0.4, 0.5) is 26.3 Å². The Morgan fingerprint density at radius 1 is 1.10 bits per heavy atom. The van der Waals surface area contributed by atoms with Crippen LogP contribution in [-0.2, 0) is 11.6 Å². The second-order valence-electron chi connectivity index (χ2n) is 8.05. The quantitative estimate of drug-likeness (QED) is 0.631. The van der Waals surface area contributed by atoms with Crippen LogP contribution in [-0.4, -0.2) is 39.8 Å². The zero-order valence-electron chi connectivity index (χ0n) is 15.8. The molecule has 0 saturated heterocycles. The number of guanidine groups is 2. The van der Waals surface area contributed by atoms with Crippen LogP contribution in [0.15, 0.2) is 22.4 Å². The minimum absolute atomic E-state index is 0.0614. The van der Waals surface area contributed by atoms with Gasteiger partial charge in [-0.3, -0.25) is 10.3 Å². The van der Waals surface area contributed by atoms with E-state index in [0.717, 1.165) is 12.4 Å². The summed E-state index contributed by atoms with van der Waals surface area (Å²) in [5, 5.41) is 5.38. The minimum atomic E-state index is -3.33. The molecule has 1 aliphatic heterocycles. The van der Waals surface area contributed by atoms with Crippen LogP contribution in [0.2, 0.25) is 0 Å². The fraction of sp³-hybridized carbons (Fsp3) is 0.647. The summed E-state index contributed by atoms with van der Waals surface area (Å²) in [7, 11) is 0. The number of aliphatic imine (C=N–C) groups is 2. The molecule has 2 saturated carbocycles. The van der Waals surface area contributed by atoms with E-state index in [2.05, 4.69) is 30.6 Å². The smallest absolute Gasteiger partial charge is 0.288 e. The number of nitrogens with two attached hydrogens (primary N) is 1.